The molecular formula is C7H11B. The summed E-state index contributed by atoms with van der Waals surface area (Å²) >= 11 is 0. The highest BCUT2D eigenvalue weighted by molar-refractivity contribution is 6.10. The summed E-state index contributed by atoms with van der Waals surface area (Å²) in [5.41, 5.74) is 1.24. The van der Waals surface area contributed by atoms with Crippen molar-refractivity contribution >= 4 is 7.85 Å². The standard InChI is InChI=1S/C7H11B/c1-3-5-7(4-2)6-8/h3-5H,1-2,6,8H2/b7-5+. The zero-order chi connectivity index (χ0) is 6.41. The zero-order valence-electron chi connectivity index (χ0n) is 5.35. The summed E-state index contributed by atoms with van der Waals surface area (Å²) in [5.74, 6) is 0. The molecule has 0 aliphatic carbocycles. The van der Waals surface area contributed by atoms with E-state index in [4.69, 9.17) is 0 Å². The van der Waals surface area contributed by atoms with E-state index in [2.05, 4.69) is 21.0 Å². The Morgan fingerprint density at radius 2 is 2.12 bits per heavy atom. The molecule has 42 valence electrons. The monoisotopic (exact) mass is 106 g/mol. The van der Waals surface area contributed by atoms with Crippen molar-refractivity contribution in [2.45, 2.75) is 6.32 Å². The van der Waals surface area contributed by atoms with E-state index in [0.29, 0.717) is 0 Å². The molecule has 0 atom stereocenters. The third kappa shape index (κ3) is 2.46. The molecule has 0 rings (SSSR count). The fraction of sp³-hybridized carbons (Fsp3) is 0.143. The first-order valence-corrected chi connectivity index (χ1v) is 2.79. The van der Waals surface area contributed by atoms with Crippen LogP contribution in [-0.4, -0.2) is 7.85 Å². The minimum Gasteiger partial charge on any atom is -0.0991 e. The molecule has 0 aromatic carbocycles. The number of allylic oxidation sites excluding steroid dienone is 4. The van der Waals surface area contributed by atoms with Crippen LogP contribution >= 0.6 is 0 Å². The smallest absolute Gasteiger partial charge is 0.0991 e. The molecule has 0 unspecified atom stereocenters. The molecule has 0 saturated heterocycles. The molecule has 0 aliphatic rings. The van der Waals surface area contributed by atoms with E-state index in [0.717, 1.165) is 6.32 Å². The van der Waals surface area contributed by atoms with E-state index >= 15 is 0 Å². The van der Waals surface area contributed by atoms with Crippen molar-refractivity contribution in [2.75, 3.05) is 0 Å². The van der Waals surface area contributed by atoms with Gasteiger partial charge in [0, 0.05) is 0 Å². The van der Waals surface area contributed by atoms with Crippen LogP contribution in [0, 0.1) is 0 Å². The van der Waals surface area contributed by atoms with Crippen molar-refractivity contribution in [1.29, 1.82) is 0 Å². The molecule has 0 aliphatic heterocycles. The Labute approximate surface area is 52.0 Å². The Morgan fingerprint density at radius 3 is 2.25 bits per heavy atom. The lowest BCUT2D eigenvalue weighted by atomic mass is 9.97. The molecule has 0 N–H and O–H groups in total. The molecule has 0 radical (unpaired) electrons. The average molecular weight is 106 g/mol. The number of hydrogen-bond acceptors (Lipinski definition) is 0. The van der Waals surface area contributed by atoms with Gasteiger partial charge in [-0.15, -0.1) is 0 Å². The first kappa shape index (κ1) is 7.28. The van der Waals surface area contributed by atoms with Crippen molar-refractivity contribution < 1.29 is 0 Å². The first-order valence-electron chi connectivity index (χ1n) is 2.79. The Bertz CT molecular complexity index is 112. The van der Waals surface area contributed by atoms with Crippen LogP contribution in [0.25, 0.3) is 0 Å². The van der Waals surface area contributed by atoms with Crippen LogP contribution < -0.4 is 0 Å². The van der Waals surface area contributed by atoms with Gasteiger partial charge in [-0.25, -0.2) is 0 Å². The third-order valence-electron chi connectivity index (χ3n) is 1.00. The Kier molecular flexibility index (Phi) is 4.05. The lowest BCUT2D eigenvalue weighted by Crippen LogP contribution is -1.71. The van der Waals surface area contributed by atoms with E-state index in [1.54, 1.807) is 6.08 Å². The van der Waals surface area contributed by atoms with Crippen LogP contribution in [0.5, 0.6) is 0 Å². The largest absolute Gasteiger partial charge is 0.107 e. The van der Waals surface area contributed by atoms with Gasteiger partial charge >= 0.3 is 0 Å². The summed E-state index contributed by atoms with van der Waals surface area (Å²) in [6.45, 7) is 7.21. The van der Waals surface area contributed by atoms with E-state index < -0.39 is 0 Å². The van der Waals surface area contributed by atoms with Crippen molar-refractivity contribution in [2.24, 2.45) is 0 Å². The van der Waals surface area contributed by atoms with Gasteiger partial charge in [-0.05, 0) is 0 Å². The van der Waals surface area contributed by atoms with Gasteiger partial charge in [0.1, 0.15) is 7.85 Å². The second kappa shape index (κ2) is 4.44. The molecule has 1 heteroatoms. The quantitative estimate of drug-likeness (QED) is 0.376. The molecular weight excluding hydrogens is 94.9 g/mol. The van der Waals surface area contributed by atoms with E-state index in [1.165, 1.54) is 5.57 Å². The van der Waals surface area contributed by atoms with Crippen LogP contribution in [0.3, 0.4) is 0 Å². The van der Waals surface area contributed by atoms with Crippen LogP contribution in [0.1, 0.15) is 0 Å². The molecule has 0 aromatic heterocycles. The first-order chi connectivity index (χ1) is 3.85. The second-order valence-corrected chi connectivity index (χ2v) is 1.53. The maximum atomic E-state index is 3.63. The summed E-state index contributed by atoms with van der Waals surface area (Å²) in [6, 6.07) is 0. The topological polar surface area (TPSA) is 0 Å². The minimum atomic E-state index is 1.04. The molecule has 0 spiro atoms. The molecule has 0 aromatic rings. The van der Waals surface area contributed by atoms with Crippen LogP contribution in [-0.2, 0) is 0 Å². The maximum Gasteiger partial charge on any atom is 0.107 e. The average Bonchev–Trinajstić information content (AvgIpc) is 1.83. The van der Waals surface area contributed by atoms with Crippen molar-refractivity contribution in [3.05, 3.63) is 37.0 Å². The molecule has 0 bridgehead atoms. The van der Waals surface area contributed by atoms with Crippen LogP contribution in [0.15, 0.2) is 37.0 Å². The normalized spacial score (nSPS) is 10.8. The molecule has 0 fully saturated rings. The van der Waals surface area contributed by atoms with Crippen molar-refractivity contribution in [3.8, 4) is 0 Å². The van der Waals surface area contributed by atoms with Crippen molar-refractivity contribution in [1.82, 2.24) is 0 Å². The van der Waals surface area contributed by atoms with Gasteiger partial charge in [0.05, 0.1) is 0 Å². The van der Waals surface area contributed by atoms with Crippen molar-refractivity contribution in [3.63, 3.8) is 0 Å². The molecule has 8 heavy (non-hydrogen) atoms. The highest BCUT2D eigenvalue weighted by Gasteiger charge is 1.79. The highest BCUT2D eigenvalue weighted by Crippen LogP contribution is 1.98. The predicted octanol–water partition coefficient (Wildman–Crippen LogP) is 1.34. The molecule has 0 amide bonds. The minimum absolute atomic E-state index is 1.04. The Morgan fingerprint density at radius 1 is 1.50 bits per heavy atom. The van der Waals surface area contributed by atoms with Gasteiger partial charge in [0.25, 0.3) is 0 Å². The molecule has 0 nitrogen and oxygen atoms in total. The fourth-order valence-corrected chi connectivity index (χ4v) is 0.482. The summed E-state index contributed by atoms with van der Waals surface area (Å²) in [6.07, 6.45) is 6.63. The zero-order valence-corrected chi connectivity index (χ0v) is 5.35. The lowest BCUT2D eigenvalue weighted by molar-refractivity contribution is 1.52. The summed E-state index contributed by atoms with van der Waals surface area (Å²) in [7, 11) is 2.09. The maximum absolute atomic E-state index is 3.63. The summed E-state index contributed by atoms with van der Waals surface area (Å²) in [4.78, 5) is 0. The van der Waals surface area contributed by atoms with Gasteiger partial charge < -0.3 is 0 Å². The lowest BCUT2D eigenvalue weighted by Gasteiger charge is -1.88. The highest BCUT2D eigenvalue weighted by atomic mass is 13.8. The van der Waals surface area contributed by atoms with E-state index in [-0.39, 0.29) is 0 Å². The van der Waals surface area contributed by atoms with E-state index in [1.807, 2.05) is 12.2 Å². The number of rotatable bonds is 3. The van der Waals surface area contributed by atoms with Gasteiger partial charge in [-0.2, -0.15) is 0 Å². The van der Waals surface area contributed by atoms with Gasteiger partial charge in [0.2, 0.25) is 0 Å². The fourth-order valence-electron chi connectivity index (χ4n) is 0.482. The second-order valence-electron chi connectivity index (χ2n) is 1.53. The molecule has 0 heterocycles. The predicted molar refractivity (Wildman–Crippen MR) is 41.8 cm³/mol. The third-order valence-corrected chi connectivity index (χ3v) is 1.00. The SMILES string of the molecule is BC/C(C=C)=C/C=C. The van der Waals surface area contributed by atoms with Crippen LogP contribution in [0.2, 0.25) is 6.32 Å². The summed E-state index contributed by atoms with van der Waals surface area (Å²) < 4.78 is 0. The molecule has 0 saturated carbocycles. The summed E-state index contributed by atoms with van der Waals surface area (Å²) in [5, 5.41) is 0. The van der Waals surface area contributed by atoms with Gasteiger partial charge in [-0.1, -0.05) is 43.3 Å². The number of hydrogen-bond donors (Lipinski definition) is 0. The Hall–Kier alpha value is -0.715. The van der Waals surface area contributed by atoms with E-state index in [9.17, 15) is 0 Å². The Balaban J connectivity index is 3.84. The van der Waals surface area contributed by atoms with Crippen LogP contribution in [0.4, 0.5) is 0 Å². The van der Waals surface area contributed by atoms with Gasteiger partial charge in [0.15, 0.2) is 0 Å². The van der Waals surface area contributed by atoms with Gasteiger partial charge in [-0.3, -0.25) is 0 Å².